The summed E-state index contributed by atoms with van der Waals surface area (Å²) in [4.78, 5) is 24.6. The van der Waals surface area contributed by atoms with E-state index < -0.39 is 23.3 Å². The summed E-state index contributed by atoms with van der Waals surface area (Å²) in [6.45, 7) is 3.75. The van der Waals surface area contributed by atoms with Gasteiger partial charge in [-0.3, -0.25) is 9.59 Å². The van der Waals surface area contributed by atoms with Crippen LogP contribution in [0.25, 0.3) is 0 Å². The third-order valence-electron chi connectivity index (χ3n) is 3.00. The van der Waals surface area contributed by atoms with Gasteiger partial charge in [0.2, 0.25) is 0 Å². The van der Waals surface area contributed by atoms with Crippen molar-refractivity contribution in [3.63, 3.8) is 0 Å². The Morgan fingerprint density at radius 1 is 1.21 bits per heavy atom. The van der Waals surface area contributed by atoms with E-state index in [1.165, 1.54) is 4.90 Å². The van der Waals surface area contributed by atoms with Gasteiger partial charge in [-0.05, 0) is 25.6 Å². The number of nitrogens with one attached hydrogen (secondary N) is 1. The number of carbonyl (C=O) groups is 2. The molecule has 0 atom stereocenters. The number of Topliss-reactive ketones (excluding diaryl/α,β-unsaturated/α-hetero) is 1. The highest BCUT2D eigenvalue weighted by Crippen LogP contribution is 2.30. The highest BCUT2D eigenvalue weighted by Gasteiger charge is 2.36. The maximum atomic E-state index is 13.2. The summed E-state index contributed by atoms with van der Waals surface area (Å²) in [5.74, 6) is -3.68. The summed E-state index contributed by atoms with van der Waals surface area (Å²) >= 11 is 0. The van der Waals surface area contributed by atoms with Crippen molar-refractivity contribution in [2.75, 3.05) is 24.5 Å². The Bertz CT molecular complexity index is 532. The minimum Gasteiger partial charge on any atom is -0.317 e. The van der Waals surface area contributed by atoms with Gasteiger partial charge in [-0.25, -0.2) is 8.78 Å². The number of rotatable bonds is 5. The van der Waals surface area contributed by atoms with Crippen LogP contribution in [0.1, 0.15) is 23.7 Å². The third-order valence-corrected chi connectivity index (χ3v) is 3.00. The van der Waals surface area contributed by atoms with Crippen molar-refractivity contribution in [1.82, 2.24) is 5.32 Å². The number of halogens is 2. The molecule has 6 heteroatoms. The van der Waals surface area contributed by atoms with E-state index in [9.17, 15) is 18.4 Å². The first-order chi connectivity index (χ1) is 9.06. The lowest BCUT2D eigenvalue weighted by atomic mass is 10.1. The topological polar surface area (TPSA) is 49.4 Å². The first kappa shape index (κ1) is 13.6. The molecule has 19 heavy (non-hydrogen) atoms. The zero-order valence-electron chi connectivity index (χ0n) is 10.5. The normalized spacial score (nSPS) is 14.2. The summed E-state index contributed by atoms with van der Waals surface area (Å²) in [6, 6.07) is 1.69. The van der Waals surface area contributed by atoms with Crippen molar-refractivity contribution in [2.24, 2.45) is 0 Å². The van der Waals surface area contributed by atoms with Crippen molar-refractivity contribution < 1.29 is 18.4 Å². The smallest absolute Gasteiger partial charge is 0.299 e. The van der Waals surface area contributed by atoms with E-state index in [4.69, 9.17) is 0 Å². The van der Waals surface area contributed by atoms with Crippen LogP contribution in [0.15, 0.2) is 12.1 Å². The predicted molar refractivity (Wildman–Crippen MR) is 66.2 cm³/mol. The van der Waals surface area contributed by atoms with Crippen LogP contribution in [-0.2, 0) is 4.79 Å². The Morgan fingerprint density at radius 2 is 1.89 bits per heavy atom. The quantitative estimate of drug-likeness (QED) is 0.650. The number of fused-ring (bicyclic) bond motifs is 1. The molecule has 0 unspecified atom stereocenters. The number of amides is 1. The monoisotopic (exact) mass is 268 g/mol. The summed E-state index contributed by atoms with van der Waals surface area (Å²) < 4.78 is 26.3. The molecule has 0 saturated heterocycles. The third kappa shape index (κ3) is 2.49. The van der Waals surface area contributed by atoms with Gasteiger partial charge in [0, 0.05) is 12.6 Å². The van der Waals surface area contributed by atoms with Gasteiger partial charge < -0.3 is 10.2 Å². The van der Waals surface area contributed by atoms with Crippen molar-refractivity contribution in [3.05, 3.63) is 29.3 Å². The number of anilines is 1. The van der Waals surface area contributed by atoms with E-state index in [1.807, 2.05) is 6.92 Å². The Morgan fingerprint density at radius 3 is 2.58 bits per heavy atom. The lowest BCUT2D eigenvalue weighted by Crippen LogP contribution is -2.32. The molecule has 1 amide bonds. The van der Waals surface area contributed by atoms with Gasteiger partial charge in [0.05, 0.1) is 11.3 Å². The number of carbonyl (C=O) groups excluding carboxylic acids is 2. The fraction of sp³-hybridized carbons (Fsp3) is 0.385. The van der Waals surface area contributed by atoms with E-state index in [2.05, 4.69) is 5.32 Å². The highest BCUT2D eigenvalue weighted by molar-refractivity contribution is 6.52. The molecule has 0 bridgehead atoms. The molecule has 0 aromatic heterocycles. The van der Waals surface area contributed by atoms with E-state index in [0.29, 0.717) is 19.5 Å². The van der Waals surface area contributed by atoms with Crippen LogP contribution in [0.3, 0.4) is 0 Å². The first-order valence-electron chi connectivity index (χ1n) is 6.12. The zero-order valence-corrected chi connectivity index (χ0v) is 10.5. The molecule has 1 heterocycles. The van der Waals surface area contributed by atoms with Crippen molar-refractivity contribution in [2.45, 2.75) is 13.3 Å². The Hall–Kier alpha value is -1.82. The summed E-state index contributed by atoms with van der Waals surface area (Å²) in [5.41, 5.74) is 0.0951. The molecular formula is C13H14F2N2O2. The summed E-state index contributed by atoms with van der Waals surface area (Å²) in [6.07, 6.45) is 0.630. The van der Waals surface area contributed by atoms with Gasteiger partial charge >= 0.3 is 0 Å². The molecule has 0 aliphatic carbocycles. The Balaban J connectivity index is 2.21. The van der Waals surface area contributed by atoms with E-state index in [-0.39, 0.29) is 11.3 Å². The average molecular weight is 268 g/mol. The van der Waals surface area contributed by atoms with Crippen LogP contribution < -0.4 is 10.2 Å². The van der Waals surface area contributed by atoms with Gasteiger partial charge in [0.1, 0.15) is 0 Å². The van der Waals surface area contributed by atoms with E-state index in [1.54, 1.807) is 0 Å². The van der Waals surface area contributed by atoms with Crippen LogP contribution in [0.5, 0.6) is 0 Å². The van der Waals surface area contributed by atoms with Crippen LogP contribution >= 0.6 is 0 Å². The molecule has 102 valence electrons. The lowest BCUT2D eigenvalue weighted by molar-refractivity contribution is -0.114. The van der Waals surface area contributed by atoms with E-state index in [0.717, 1.165) is 18.7 Å². The van der Waals surface area contributed by atoms with E-state index >= 15 is 0 Å². The number of nitrogens with zero attached hydrogens (tertiary/aromatic N) is 1. The molecule has 1 aliphatic heterocycles. The molecule has 0 spiro atoms. The molecule has 1 aromatic carbocycles. The van der Waals surface area contributed by atoms with Crippen LogP contribution in [-0.4, -0.2) is 31.3 Å². The lowest BCUT2D eigenvalue weighted by Gasteiger charge is -2.16. The summed E-state index contributed by atoms with van der Waals surface area (Å²) in [7, 11) is 0. The maximum Gasteiger partial charge on any atom is 0.299 e. The molecule has 0 saturated carbocycles. The largest absolute Gasteiger partial charge is 0.317 e. The minimum atomic E-state index is -1.12. The highest BCUT2D eigenvalue weighted by atomic mass is 19.2. The summed E-state index contributed by atoms with van der Waals surface area (Å²) in [5, 5.41) is 3.09. The average Bonchev–Trinajstić information content (AvgIpc) is 2.60. The molecule has 4 nitrogen and oxygen atoms in total. The Kier molecular flexibility index (Phi) is 3.90. The second-order valence-corrected chi connectivity index (χ2v) is 4.28. The Labute approximate surface area is 109 Å². The first-order valence-corrected chi connectivity index (χ1v) is 6.12. The zero-order chi connectivity index (χ0) is 14.0. The van der Waals surface area contributed by atoms with Crippen molar-refractivity contribution in [3.8, 4) is 0 Å². The predicted octanol–water partition coefficient (Wildman–Crippen LogP) is 1.49. The number of ketones is 1. The maximum absolute atomic E-state index is 13.2. The van der Waals surface area contributed by atoms with Gasteiger partial charge in [0.15, 0.2) is 11.6 Å². The molecule has 1 aliphatic rings. The fourth-order valence-electron chi connectivity index (χ4n) is 2.05. The van der Waals surface area contributed by atoms with Crippen molar-refractivity contribution >= 4 is 17.4 Å². The van der Waals surface area contributed by atoms with Gasteiger partial charge in [0.25, 0.3) is 11.7 Å². The van der Waals surface area contributed by atoms with Gasteiger partial charge in [-0.2, -0.15) is 0 Å². The molecule has 1 aromatic rings. The molecule has 0 radical (unpaired) electrons. The van der Waals surface area contributed by atoms with Crippen LogP contribution in [0.2, 0.25) is 0 Å². The molecule has 0 fully saturated rings. The number of hydrogen-bond donors (Lipinski definition) is 1. The van der Waals surface area contributed by atoms with Crippen molar-refractivity contribution in [1.29, 1.82) is 0 Å². The number of hydrogen-bond acceptors (Lipinski definition) is 3. The second-order valence-electron chi connectivity index (χ2n) is 4.28. The minimum absolute atomic E-state index is 0.0626. The standard InChI is InChI=1S/C13H14F2N2O2/c1-2-16-4-3-5-17-11-7-10(15)9(14)6-8(11)12(18)13(17)19/h6-7,16H,2-5H2,1H3. The molecule has 1 N–H and O–H groups in total. The molecular weight excluding hydrogens is 254 g/mol. The van der Waals surface area contributed by atoms with Gasteiger partial charge in [-0.1, -0.05) is 6.92 Å². The SMILES string of the molecule is CCNCCCN1C(=O)C(=O)c2cc(F)c(F)cc21. The fourth-order valence-corrected chi connectivity index (χ4v) is 2.05. The van der Waals surface area contributed by atoms with Crippen LogP contribution in [0.4, 0.5) is 14.5 Å². The van der Waals surface area contributed by atoms with Gasteiger partial charge in [-0.15, -0.1) is 0 Å². The second kappa shape index (κ2) is 5.44. The molecule has 2 rings (SSSR count). The van der Waals surface area contributed by atoms with Crippen LogP contribution in [0, 0.1) is 11.6 Å². The number of benzene rings is 1.